The van der Waals surface area contributed by atoms with E-state index in [1.165, 1.54) is 0 Å². The fourth-order valence-corrected chi connectivity index (χ4v) is 3.65. The molecule has 3 aromatic rings. The van der Waals surface area contributed by atoms with Gasteiger partial charge in [0.05, 0.1) is 12.2 Å². The summed E-state index contributed by atoms with van der Waals surface area (Å²) in [6, 6.07) is 8.19. The van der Waals surface area contributed by atoms with Crippen molar-refractivity contribution in [3.63, 3.8) is 0 Å². The zero-order chi connectivity index (χ0) is 20.4. The maximum absolute atomic E-state index is 6.13. The third-order valence-corrected chi connectivity index (χ3v) is 5.49. The summed E-state index contributed by atoms with van der Waals surface area (Å²) in [5.74, 6) is 0.913. The number of ether oxygens (including phenoxy) is 1. The van der Waals surface area contributed by atoms with Crippen molar-refractivity contribution in [2.24, 2.45) is 0 Å². The van der Waals surface area contributed by atoms with Crippen LogP contribution in [0.2, 0.25) is 5.02 Å². The normalized spacial score (nSPS) is 18.2. The number of aromatic nitrogens is 4. The van der Waals surface area contributed by atoms with Gasteiger partial charge in [-0.3, -0.25) is 0 Å². The number of nitrogens with one attached hydrogen (secondary N) is 2. The fraction of sp³-hybridized carbons (Fsp3) is 0.476. The van der Waals surface area contributed by atoms with Gasteiger partial charge < -0.3 is 15.4 Å². The highest BCUT2D eigenvalue weighted by Crippen LogP contribution is 2.26. The van der Waals surface area contributed by atoms with Crippen molar-refractivity contribution in [1.82, 2.24) is 24.9 Å². The summed E-state index contributed by atoms with van der Waals surface area (Å²) >= 11 is 6.02. The van der Waals surface area contributed by atoms with Gasteiger partial charge in [-0.05, 0) is 49.9 Å². The number of piperidine rings is 1. The van der Waals surface area contributed by atoms with Crippen molar-refractivity contribution in [2.75, 3.05) is 18.4 Å². The van der Waals surface area contributed by atoms with Crippen LogP contribution in [0.3, 0.4) is 0 Å². The second kappa shape index (κ2) is 8.55. The molecule has 0 amide bonds. The summed E-state index contributed by atoms with van der Waals surface area (Å²) in [6.07, 6.45) is 4.04. The van der Waals surface area contributed by atoms with E-state index in [0.717, 1.165) is 47.7 Å². The van der Waals surface area contributed by atoms with Crippen LogP contribution in [0, 0.1) is 0 Å². The molecule has 1 aliphatic rings. The van der Waals surface area contributed by atoms with Gasteiger partial charge in [-0.2, -0.15) is 19.6 Å². The lowest BCUT2D eigenvalue weighted by atomic mass is 10.1. The van der Waals surface area contributed by atoms with Gasteiger partial charge in [0, 0.05) is 17.1 Å². The van der Waals surface area contributed by atoms with Gasteiger partial charge in [-0.25, -0.2) is 0 Å². The smallest absolute Gasteiger partial charge is 0.322 e. The molecule has 2 aromatic heterocycles. The molecule has 0 bridgehead atoms. The van der Waals surface area contributed by atoms with Crippen LogP contribution >= 0.6 is 11.6 Å². The average Bonchev–Trinajstić information content (AvgIpc) is 3.14. The van der Waals surface area contributed by atoms with Crippen molar-refractivity contribution in [1.29, 1.82) is 0 Å². The third kappa shape index (κ3) is 4.46. The summed E-state index contributed by atoms with van der Waals surface area (Å²) in [6.45, 7) is 8.19. The molecular weight excluding hydrogens is 388 g/mol. The van der Waals surface area contributed by atoms with Gasteiger partial charge >= 0.3 is 6.01 Å². The molecule has 8 heteroatoms. The monoisotopic (exact) mass is 414 g/mol. The highest BCUT2D eigenvalue weighted by atomic mass is 35.5. The van der Waals surface area contributed by atoms with Crippen LogP contribution in [0.1, 0.15) is 56.7 Å². The molecular formula is C21H27ClN6O. The van der Waals surface area contributed by atoms with Crippen LogP contribution in [0.25, 0.3) is 5.65 Å². The molecule has 2 N–H and O–H groups in total. The molecule has 0 radical (unpaired) electrons. The fourth-order valence-electron chi connectivity index (χ4n) is 3.53. The molecule has 1 unspecified atom stereocenters. The van der Waals surface area contributed by atoms with E-state index in [4.69, 9.17) is 16.3 Å². The van der Waals surface area contributed by atoms with E-state index in [0.29, 0.717) is 17.9 Å². The molecule has 3 heterocycles. The van der Waals surface area contributed by atoms with Crippen molar-refractivity contribution in [3.05, 3.63) is 46.6 Å². The standard InChI is InChI=1S/C21H27ClN6O/c1-13(2)18-12-24-28-19(18)26-21(29-17-5-4-10-23-11-17)27-20(28)25-14(3)15-6-8-16(22)9-7-15/h6-9,12-14,17,23H,4-5,10-11H2,1-3H3,(H,25,26,27)/t14-,17?/m0/s1. The predicted octanol–water partition coefficient (Wildman–Crippen LogP) is 4.21. The topological polar surface area (TPSA) is 76.4 Å². The van der Waals surface area contributed by atoms with Crippen molar-refractivity contribution in [2.45, 2.75) is 51.7 Å². The van der Waals surface area contributed by atoms with E-state index in [1.54, 1.807) is 4.52 Å². The zero-order valence-electron chi connectivity index (χ0n) is 17.0. The minimum Gasteiger partial charge on any atom is -0.459 e. The quantitative estimate of drug-likeness (QED) is 0.629. The van der Waals surface area contributed by atoms with Crippen LogP contribution in [0.15, 0.2) is 30.5 Å². The third-order valence-electron chi connectivity index (χ3n) is 5.24. The lowest BCUT2D eigenvalue weighted by Crippen LogP contribution is -2.37. The zero-order valence-corrected chi connectivity index (χ0v) is 17.8. The second-order valence-corrected chi connectivity index (χ2v) is 8.26. The number of halogens is 1. The van der Waals surface area contributed by atoms with Gasteiger partial charge in [-0.15, -0.1) is 0 Å². The van der Waals surface area contributed by atoms with E-state index < -0.39 is 0 Å². The molecule has 2 atom stereocenters. The highest BCUT2D eigenvalue weighted by Gasteiger charge is 2.21. The molecule has 154 valence electrons. The lowest BCUT2D eigenvalue weighted by molar-refractivity contribution is 0.153. The molecule has 1 aromatic carbocycles. The number of rotatable bonds is 6. The number of hydrogen-bond acceptors (Lipinski definition) is 6. The first-order valence-electron chi connectivity index (χ1n) is 10.2. The summed E-state index contributed by atoms with van der Waals surface area (Å²) in [4.78, 5) is 9.34. The van der Waals surface area contributed by atoms with Crippen molar-refractivity contribution < 1.29 is 4.74 Å². The Morgan fingerprint density at radius 2 is 2.00 bits per heavy atom. The first-order valence-corrected chi connectivity index (χ1v) is 10.5. The summed E-state index contributed by atoms with van der Waals surface area (Å²) in [5.41, 5.74) is 2.96. The number of hydrogen-bond donors (Lipinski definition) is 2. The van der Waals surface area contributed by atoms with Crippen LogP contribution in [0.5, 0.6) is 6.01 Å². The first kappa shape index (κ1) is 19.9. The van der Waals surface area contributed by atoms with E-state index in [9.17, 15) is 0 Å². The van der Waals surface area contributed by atoms with Gasteiger partial charge in [0.1, 0.15) is 6.10 Å². The SMILES string of the molecule is CC(C)c1cnn2c(N[C@@H](C)c3ccc(Cl)cc3)nc(OC3CCCNC3)nc12. The van der Waals surface area contributed by atoms with Crippen molar-refractivity contribution >= 4 is 23.2 Å². The Morgan fingerprint density at radius 3 is 2.69 bits per heavy atom. The van der Waals surface area contributed by atoms with E-state index >= 15 is 0 Å². The van der Waals surface area contributed by atoms with Crippen LogP contribution in [-0.4, -0.2) is 38.8 Å². The molecule has 29 heavy (non-hydrogen) atoms. The maximum Gasteiger partial charge on any atom is 0.322 e. The Bertz CT molecular complexity index is 965. The van der Waals surface area contributed by atoms with E-state index in [-0.39, 0.29) is 12.1 Å². The van der Waals surface area contributed by atoms with Gasteiger partial charge in [-0.1, -0.05) is 37.6 Å². The summed E-state index contributed by atoms with van der Waals surface area (Å²) in [5, 5.41) is 12.1. The van der Waals surface area contributed by atoms with Gasteiger partial charge in [0.2, 0.25) is 5.95 Å². The Morgan fingerprint density at radius 1 is 1.21 bits per heavy atom. The highest BCUT2D eigenvalue weighted by molar-refractivity contribution is 6.30. The molecule has 0 spiro atoms. The number of fused-ring (bicyclic) bond motifs is 1. The molecule has 7 nitrogen and oxygen atoms in total. The Balaban J connectivity index is 1.67. The average molecular weight is 415 g/mol. The first-order chi connectivity index (χ1) is 14.0. The van der Waals surface area contributed by atoms with Crippen LogP contribution in [0.4, 0.5) is 5.95 Å². The van der Waals surface area contributed by atoms with Crippen LogP contribution in [-0.2, 0) is 0 Å². The van der Waals surface area contributed by atoms with Crippen LogP contribution < -0.4 is 15.4 Å². The molecule has 0 aliphatic carbocycles. The van der Waals surface area contributed by atoms with Gasteiger partial charge in [0.25, 0.3) is 0 Å². The molecule has 0 saturated carbocycles. The second-order valence-electron chi connectivity index (χ2n) is 7.82. The Hall–Kier alpha value is -2.38. The number of benzene rings is 1. The molecule has 1 aliphatic heterocycles. The molecule has 1 saturated heterocycles. The molecule has 1 fully saturated rings. The number of nitrogens with zero attached hydrogens (tertiary/aromatic N) is 4. The largest absolute Gasteiger partial charge is 0.459 e. The Kier molecular flexibility index (Phi) is 5.87. The lowest BCUT2D eigenvalue weighted by Gasteiger charge is -2.23. The van der Waals surface area contributed by atoms with Gasteiger partial charge in [0.15, 0.2) is 5.65 Å². The van der Waals surface area contributed by atoms with E-state index in [2.05, 4.69) is 46.5 Å². The number of anilines is 1. The minimum absolute atomic E-state index is 0.0151. The molecule has 4 rings (SSSR count). The van der Waals surface area contributed by atoms with E-state index in [1.807, 2.05) is 30.5 Å². The summed E-state index contributed by atoms with van der Waals surface area (Å²) < 4.78 is 7.89. The Labute approximate surface area is 175 Å². The maximum atomic E-state index is 6.13. The van der Waals surface area contributed by atoms with Crippen molar-refractivity contribution in [3.8, 4) is 6.01 Å². The minimum atomic E-state index is 0.0151. The predicted molar refractivity (Wildman–Crippen MR) is 115 cm³/mol. The summed E-state index contributed by atoms with van der Waals surface area (Å²) in [7, 11) is 0.